The first kappa shape index (κ1) is 25.2. The van der Waals surface area contributed by atoms with Gasteiger partial charge in [-0.2, -0.15) is 0 Å². The van der Waals surface area contributed by atoms with Crippen molar-refractivity contribution in [2.24, 2.45) is 11.8 Å². The Kier molecular flexibility index (Phi) is 16.2. The van der Waals surface area contributed by atoms with Crippen molar-refractivity contribution in [3.63, 3.8) is 0 Å². The number of carbonyl (C=O) groups is 4. The maximum Gasteiger partial charge on any atom is 0.138 e. The second kappa shape index (κ2) is 15.4. The van der Waals surface area contributed by atoms with E-state index in [-0.39, 0.29) is 11.6 Å². The van der Waals surface area contributed by atoms with Crippen molar-refractivity contribution in [2.45, 2.75) is 47.0 Å². The Balaban J connectivity index is 0. The number of hydrogen-bond donors (Lipinski definition) is 0. The summed E-state index contributed by atoms with van der Waals surface area (Å²) >= 11 is -0.392. The van der Waals surface area contributed by atoms with Crippen LogP contribution in [0.3, 0.4) is 0 Å². The van der Waals surface area contributed by atoms with E-state index < -0.39 is 43.7 Å². The fraction of sp³-hybridized carbons (Fsp3) is 0.733. The molecule has 0 saturated carbocycles. The normalized spacial score (nSPS) is 14.8. The Morgan fingerprint density at radius 1 is 0.875 bits per heavy atom. The van der Waals surface area contributed by atoms with Crippen LogP contribution in [0, 0.1) is 11.8 Å². The Labute approximate surface area is 151 Å². The molecule has 1 rings (SSSR count). The fourth-order valence-electron chi connectivity index (χ4n) is 1.57. The van der Waals surface area contributed by atoms with Crippen molar-refractivity contribution in [1.82, 2.24) is 0 Å². The molecule has 1 aliphatic rings. The van der Waals surface area contributed by atoms with Gasteiger partial charge in [-0.15, -0.1) is 0 Å². The molecule has 0 aromatic carbocycles. The third-order valence-corrected chi connectivity index (χ3v) is 3.98. The third kappa shape index (κ3) is 13.4. The summed E-state index contributed by atoms with van der Waals surface area (Å²) in [5, 5.41) is 20.1. The first-order valence-corrected chi connectivity index (χ1v) is 8.87. The minimum absolute atomic E-state index is 0.317. The monoisotopic (exact) mass is 380 g/mol. The molecule has 24 heavy (non-hydrogen) atoms. The Bertz CT molecular complexity index is 335. The Morgan fingerprint density at radius 3 is 1.25 bits per heavy atom. The second-order valence-corrected chi connectivity index (χ2v) is 6.08. The van der Waals surface area contributed by atoms with Crippen molar-refractivity contribution >= 4 is 23.5 Å². The zero-order valence-corrected chi connectivity index (χ0v) is 16.0. The number of carboxylic acid groups (broad SMARTS) is 2. The molecule has 0 aromatic heterocycles. The summed E-state index contributed by atoms with van der Waals surface area (Å²) in [7, 11) is 0. The number of aliphatic carboxylic acids is 2. The molecule has 1 fully saturated rings. The number of rotatable bonds is 6. The Morgan fingerprint density at radius 2 is 1.21 bits per heavy atom. The molecule has 136 valence electrons. The van der Waals surface area contributed by atoms with Gasteiger partial charge in [-0.25, -0.2) is 0 Å². The van der Waals surface area contributed by atoms with Crippen LogP contribution in [0.2, 0.25) is 0 Å². The fourth-order valence-corrected chi connectivity index (χ4v) is 2.41. The van der Waals surface area contributed by atoms with E-state index in [0.29, 0.717) is 12.8 Å². The van der Waals surface area contributed by atoms with E-state index in [4.69, 9.17) is 6.64 Å². The molecule has 1 aliphatic heterocycles. The van der Waals surface area contributed by atoms with Gasteiger partial charge < -0.3 is 19.8 Å². The summed E-state index contributed by atoms with van der Waals surface area (Å²) in [5.74, 6) is -5.04. The molecule has 0 aromatic rings. The van der Waals surface area contributed by atoms with Gasteiger partial charge in [0.25, 0.3) is 0 Å². The zero-order valence-electron chi connectivity index (χ0n) is 14.5. The van der Waals surface area contributed by atoms with Crippen molar-refractivity contribution in [1.29, 1.82) is 0 Å². The molecular weight excluding hydrogens is 356 g/mol. The summed E-state index contributed by atoms with van der Waals surface area (Å²) in [5.41, 5.74) is 0. The SMILES string of the molecule is C1C[O][Ti+2][O]C1.CCC(C(C)=O)C(=O)[O-].CCC(C(C)=O)C(=O)[O-]. The first-order chi connectivity index (χ1) is 11.2. The van der Waals surface area contributed by atoms with Crippen molar-refractivity contribution in [3.05, 3.63) is 0 Å². The largest absolute Gasteiger partial charge is 0.549 e. The molecule has 0 bridgehead atoms. The minimum atomic E-state index is -1.27. The quantitative estimate of drug-likeness (QED) is 0.425. The predicted molar refractivity (Wildman–Crippen MR) is 75.5 cm³/mol. The van der Waals surface area contributed by atoms with Crippen LogP contribution in [-0.2, 0) is 45.7 Å². The molecule has 0 N–H and O–H groups in total. The molecular formula is C15H24O8Ti. The van der Waals surface area contributed by atoms with Gasteiger partial charge in [-0.3, -0.25) is 9.59 Å². The smallest absolute Gasteiger partial charge is 0.138 e. The van der Waals surface area contributed by atoms with Gasteiger partial charge in [0, 0.05) is 0 Å². The van der Waals surface area contributed by atoms with Crippen molar-refractivity contribution in [2.75, 3.05) is 13.2 Å². The number of carbonyl (C=O) groups excluding carboxylic acids is 4. The maximum absolute atomic E-state index is 10.4. The first-order valence-electron chi connectivity index (χ1n) is 7.60. The second-order valence-electron chi connectivity index (χ2n) is 4.91. The van der Waals surface area contributed by atoms with Crippen molar-refractivity contribution < 1.29 is 56.0 Å². The summed E-state index contributed by atoms with van der Waals surface area (Å²) in [6, 6.07) is 0. The molecule has 8 nitrogen and oxygen atoms in total. The summed E-state index contributed by atoms with van der Waals surface area (Å²) in [4.78, 5) is 40.9. The van der Waals surface area contributed by atoms with E-state index in [1.165, 1.54) is 13.8 Å². The van der Waals surface area contributed by atoms with Crippen LogP contribution in [0.15, 0.2) is 0 Å². The number of hydrogen-bond acceptors (Lipinski definition) is 8. The average molecular weight is 380 g/mol. The van der Waals surface area contributed by atoms with E-state index in [9.17, 15) is 29.4 Å². The zero-order chi connectivity index (χ0) is 19.1. The van der Waals surface area contributed by atoms with Crippen LogP contribution in [0.5, 0.6) is 0 Å². The van der Waals surface area contributed by atoms with Crippen LogP contribution in [0.25, 0.3) is 0 Å². The Hall–Kier alpha value is -1.09. The molecule has 0 radical (unpaired) electrons. The van der Waals surface area contributed by atoms with Crippen molar-refractivity contribution in [3.8, 4) is 0 Å². The van der Waals surface area contributed by atoms with Gasteiger partial charge in [0.05, 0.1) is 23.8 Å². The molecule has 9 heteroatoms. The molecule has 0 aliphatic carbocycles. The minimum Gasteiger partial charge on any atom is -0.549 e. The van der Waals surface area contributed by atoms with Gasteiger partial charge >= 0.3 is 46.2 Å². The molecule has 0 spiro atoms. The number of carboxylic acids is 2. The van der Waals surface area contributed by atoms with E-state index in [0.717, 1.165) is 19.6 Å². The number of Topliss-reactive ketones (excluding diaryl/α,β-unsaturated/α-hetero) is 2. The number of ketones is 2. The van der Waals surface area contributed by atoms with Crippen LogP contribution in [-0.4, -0.2) is 36.7 Å². The maximum atomic E-state index is 10.4. The molecule has 0 amide bonds. The predicted octanol–water partition coefficient (Wildman–Crippen LogP) is -0.961. The molecule has 1 heterocycles. The van der Waals surface area contributed by atoms with Gasteiger partial charge in [0.15, 0.2) is 0 Å². The van der Waals surface area contributed by atoms with Gasteiger partial charge in [-0.05, 0) is 26.7 Å². The van der Waals surface area contributed by atoms with Gasteiger partial charge in [-0.1, -0.05) is 13.8 Å². The van der Waals surface area contributed by atoms with E-state index >= 15 is 0 Å². The van der Waals surface area contributed by atoms with Crippen LogP contribution >= 0.6 is 0 Å². The summed E-state index contributed by atoms with van der Waals surface area (Å²) in [6.45, 7) is 7.65. The average Bonchev–Trinajstić information content (AvgIpc) is 2.50. The van der Waals surface area contributed by atoms with Gasteiger partial charge in [0.1, 0.15) is 11.6 Å². The van der Waals surface area contributed by atoms with E-state index in [2.05, 4.69) is 0 Å². The van der Waals surface area contributed by atoms with Crippen LogP contribution < -0.4 is 10.2 Å². The molecule has 1 saturated heterocycles. The standard InChI is InChI=1S/2C6H10O3.C3H6O2.Ti/c2*1-3-5(4(2)7)6(8)9;4-2-1-3-5;/h2*5H,3H2,1-2H3,(H,8,9);1-3H2;/q;;-2;+4/p-2. The third-order valence-electron chi connectivity index (χ3n) is 2.98. The topological polar surface area (TPSA) is 133 Å². The van der Waals surface area contributed by atoms with E-state index in [1.54, 1.807) is 13.8 Å². The van der Waals surface area contributed by atoms with Crippen LogP contribution in [0.4, 0.5) is 0 Å². The van der Waals surface area contributed by atoms with Gasteiger partial charge in [0.2, 0.25) is 0 Å². The summed E-state index contributed by atoms with van der Waals surface area (Å²) in [6.07, 6.45) is 1.72. The molecule has 2 atom stereocenters. The van der Waals surface area contributed by atoms with Crippen LogP contribution in [0.1, 0.15) is 47.0 Å². The summed E-state index contributed by atoms with van der Waals surface area (Å²) < 4.78 is 9.94. The molecule has 2 unspecified atom stereocenters. The van der Waals surface area contributed by atoms with E-state index in [1.807, 2.05) is 0 Å².